The third kappa shape index (κ3) is 5.78. The number of hydrogen-bond acceptors (Lipinski definition) is 9. The fourth-order valence-corrected chi connectivity index (χ4v) is 4.59. The van der Waals surface area contributed by atoms with Crippen LogP contribution in [0.25, 0.3) is 0 Å². The molecule has 1 aliphatic heterocycles. The van der Waals surface area contributed by atoms with Crippen LogP contribution in [0.3, 0.4) is 0 Å². The number of aliphatic hydroxyl groups excluding tert-OH is 2. The van der Waals surface area contributed by atoms with Gasteiger partial charge in [-0.25, -0.2) is 4.68 Å². The lowest BCUT2D eigenvalue weighted by molar-refractivity contribution is 0.0474. The van der Waals surface area contributed by atoms with E-state index in [1.165, 1.54) is 0 Å². The maximum absolute atomic E-state index is 11.4. The van der Waals surface area contributed by atoms with Gasteiger partial charge in [0.15, 0.2) is 12.2 Å². The zero-order valence-electron chi connectivity index (χ0n) is 22.5. The van der Waals surface area contributed by atoms with Gasteiger partial charge in [-0.1, -0.05) is 52.8 Å². The van der Waals surface area contributed by atoms with E-state index in [2.05, 4.69) is 15.5 Å². The van der Waals surface area contributed by atoms with E-state index in [9.17, 15) is 10.2 Å². The predicted octanol–water partition coefficient (Wildman–Crippen LogP) is 4.05. The van der Waals surface area contributed by atoms with Crippen molar-refractivity contribution in [1.82, 2.24) is 15.0 Å². The molecule has 0 bridgehead atoms. The lowest BCUT2D eigenvalue weighted by Gasteiger charge is -2.32. The second kappa shape index (κ2) is 12.2. The van der Waals surface area contributed by atoms with Gasteiger partial charge < -0.3 is 29.3 Å². The van der Waals surface area contributed by atoms with Crippen molar-refractivity contribution >= 4 is 5.71 Å². The number of aromatic nitrogens is 3. The van der Waals surface area contributed by atoms with Gasteiger partial charge in [0.25, 0.3) is 0 Å². The summed E-state index contributed by atoms with van der Waals surface area (Å²) in [4.78, 5) is 5.87. The quantitative estimate of drug-likeness (QED) is 0.287. The van der Waals surface area contributed by atoms with E-state index in [1.54, 1.807) is 50.2 Å². The highest BCUT2D eigenvalue weighted by Crippen LogP contribution is 2.38. The predicted molar refractivity (Wildman–Crippen MR) is 148 cm³/mol. The summed E-state index contributed by atoms with van der Waals surface area (Å²) in [6.45, 7) is 1.70. The molecule has 0 saturated carbocycles. The summed E-state index contributed by atoms with van der Waals surface area (Å²) in [7, 11) is 3.15. The van der Waals surface area contributed by atoms with Crippen molar-refractivity contribution in [2.75, 3.05) is 20.8 Å². The van der Waals surface area contributed by atoms with E-state index in [0.29, 0.717) is 40.6 Å². The standard InChI is InChI=1S/C30H32N4O6/c1-19(26-17-34(33-31-26)22(18-35)14-20-8-5-4-6-9-20)40-32-28-25-16-24(38-3)12-13-27(25)39-30(29(28)36)21-10-7-11-23(15-21)37-2/h4-13,15-17,19,22,29-30,35-36H,14,18H2,1-3H3/b32-28+/t19-,22+,29+,30-/m1/s1. The number of rotatable bonds is 10. The minimum absolute atomic E-state index is 0.0916. The van der Waals surface area contributed by atoms with E-state index in [4.69, 9.17) is 19.0 Å². The van der Waals surface area contributed by atoms with Gasteiger partial charge in [0, 0.05) is 5.56 Å². The molecule has 0 aliphatic carbocycles. The third-order valence-corrected chi connectivity index (χ3v) is 6.86. The Kier molecular flexibility index (Phi) is 8.28. The summed E-state index contributed by atoms with van der Waals surface area (Å²) in [6.07, 6.45) is -0.118. The Bertz CT molecular complexity index is 1460. The zero-order chi connectivity index (χ0) is 28.1. The molecule has 0 saturated heterocycles. The van der Waals surface area contributed by atoms with Gasteiger partial charge in [-0.15, -0.1) is 5.10 Å². The van der Waals surface area contributed by atoms with Crippen LogP contribution in [0.15, 0.2) is 84.1 Å². The number of hydrogen-bond donors (Lipinski definition) is 2. The van der Waals surface area contributed by atoms with Crippen LogP contribution in [0.2, 0.25) is 0 Å². The number of benzene rings is 3. The molecule has 0 amide bonds. The molecule has 0 fully saturated rings. The highest BCUT2D eigenvalue weighted by Gasteiger charge is 2.37. The maximum Gasteiger partial charge on any atom is 0.169 e. The van der Waals surface area contributed by atoms with Gasteiger partial charge in [-0.3, -0.25) is 0 Å². The molecule has 0 radical (unpaired) electrons. The summed E-state index contributed by atoms with van der Waals surface area (Å²) < 4.78 is 18.6. The molecule has 5 rings (SSSR count). The van der Waals surface area contributed by atoms with Gasteiger partial charge >= 0.3 is 0 Å². The molecule has 2 N–H and O–H groups in total. The second-order valence-electron chi connectivity index (χ2n) is 9.50. The average molecular weight is 545 g/mol. The SMILES string of the molecule is COc1cccc([C@H]2Oc3ccc(OC)cc3/C(=N\O[C@H](C)c3cn([C@H](CO)Cc4ccccc4)nn3)[C@@H]2O)c1. The monoisotopic (exact) mass is 544 g/mol. The molecule has 40 heavy (non-hydrogen) atoms. The Labute approximate surface area is 232 Å². The molecule has 4 atom stereocenters. The van der Waals surface area contributed by atoms with Gasteiger partial charge in [-0.2, -0.15) is 0 Å². The van der Waals surface area contributed by atoms with E-state index >= 15 is 0 Å². The first kappa shape index (κ1) is 27.2. The molecule has 0 spiro atoms. The van der Waals surface area contributed by atoms with Gasteiger partial charge in [0.05, 0.1) is 33.1 Å². The first-order valence-electron chi connectivity index (χ1n) is 13.0. The molecule has 1 aromatic heterocycles. The van der Waals surface area contributed by atoms with Crippen molar-refractivity contribution in [1.29, 1.82) is 0 Å². The Balaban J connectivity index is 1.39. The number of aliphatic hydroxyl groups is 2. The average Bonchev–Trinajstić information content (AvgIpc) is 3.49. The Hall–Kier alpha value is -4.41. The molecule has 208 valence electrons. The van der Waals surface area contributed by atoms with Crippen LogP contribution >= 0.6 is 0 Å². The molecule has 0 unspecified atom stereocenters. The highest BCUT2D eigenvalue weighted by atomic mass is 16.6. The van der Waals surface area contributed by atoms with Gasteiger partial charge in [-0.05, 0) is 54.8 Å². The molecular weight excluding hydrogens is 512 g/mol. The van der Waals surface area contributed by atoms with E-state index in [1.807, 2.05) is 54.6 Å². The summed E-state index contributed by atoms with van der Waals surface area (Å²) in [5, 5.41) is 34.3. The van der Waals surface area contributed by atoms with Crippen LogP contribution in [-0.2, 0) is 11.3 Å². The number of ether oxygens (including phenoxy) is 3. The largest absolute Gasteiger partial charge is 0.497 e. The summed E-state index contributed by atoms with van der Waals surface area (Å²) in [5.41, 5.74) is 3.20. The van der Waals surface area contributed by atoms with Crippen molar-refractivity contribution in [3.63, 3.8) is 0 Å². The van der Waals surface area contributed by atoms with Crippen molar-refractivity contribution in [2.45, 2.75) is 37.7 Å². The fraction of sp³-hybridized carbons (Fsp3) is 0.300. The van der Waals surface area contributed by atoms with Crippen LogP contribution in [-0.4, -0.2) is 57.8 Å². The Morgan fingerprint density at radius 2 is 1.77 bits per heavy atom. The highest BCUT2D eigenvalue weighted by molar-refractivity contribution is 6.07. The fourth-order valence-electron chi connectivity index (χ4n) is 4.59. The molecule has 1 aliphatic rings. The van der Waals surface area contributed by atoms with Gasteiger partial charge in [0.1, 0.15) is 34.8 Å². The van der Waals surface area contributed by atoms with Gasteiger partial charge in [0.2, 0.25) is 0 Å². The minimum atomic E-state index is -1.14. The number of fused-ring (bicyclic) bond motifs is 1. The Morgan fingerprint density at radius 3 is 2.52 bits per heavy atom. The Morgan fingerprint density at radius 1 is 1.00 bits per heavy atom. The van der Waals surface area contributed by atoms with E-state index < -0.39 is 18.3 Å². The normalized spacial score (nSPS) is 18.9. The van der Waals surface area contributed by atoms with Crippen molar-refractivity contribution < 1.29 is 29.3 Å². The third-order valence-electron chi connectivity index (χ3n) is 6.86. The first-order chi connectivity index (χ1) is 19.5. The van der Waals surface area contributed by atoms with Crippen molar-refractivity contribution in [2.24, 2.45) is 5.16 Å². The molecule has 4 aromatic rings. The van der Waals surface area contributed by atoms with Crippen molar-refractivity contribution in [3.8, 4) is 17.2 Å². The van der Waals surface area contributed by atoms with Crippen LogP contribution in [0.4, 0.5) is 0 Å². The van der Waals surface area contributed by atoms with Crippen LogP contribution in [0, 0.1) is 0 Å². The summed E-state index contributed by atoms with van der Waals surface area (Å²) in [6, 6.07) is 22.3. The van der Waals surface area contributed by atoms with E-state index in [-0.39, 0.29) is 12.6 Å². The second-order valence-corrected chi connectivity index (χ2v) is 9.50. The topological polar surface area (TPSA) is 120 Å². The van der Waals surface area contributed by atoms with Crippen LogP contribution in [0.5, 0.6) is 17.2 Å². The molecular formula is C30H32N4O6. The lowest BCUT2D eigenvalue weighted by atomic mass is 9.92. The maximum atomic E-state index is 11.4. The summed E-state index contributed by atoms with van der Waals surface area (Å²) in [5.74, 6) is 1.77. The molecule has 10 nitrogen and oxygen atoms in total. The molecule has 3 aromatic carbocycles. The number of methoxy groups -OCH3 is 2. The first-order valence-corrected chi connectivity index (χ1v) is 13.0. The summed E-state index contributed by atoms with van der Waals surface area (Å²) >= 11 is 0. The smallest absolute Gasteiger partial charge is 0.169 e. The number of nitrogens with zero attached hydrogens (tertiary/aromatic N) is 4. The van der Waals surface area contributed by atoms with Crippen LogP contribution in [0.1, 0.15) is 47.6 Å². The van der Waals surface area contributed by atoms with Crippen LogP contribution < -0.4 is 14.2 Å². The van der Waals surface area contributed by atoms with E-state index in [0.717, 1.165) is 11.1 Å². The zero-order valence-corrected chi connectivity index (χ0v) is 22.5. The van der Waals surface area contributed by atoms with Crippen molar-refractivity contribution in [3.05, 3.63) is 101 Å². The lowest BCUT2D eigenvalue weighted by Crippen LogP contribution is -2.37. The molecule has 10 heteroatoms. The molecule has 2 heterocycles. The number of oxime groups is 1. The minimum Gasteiger partial charge on any atom is -0.497 e.